The molecule has 0 aliphatic carbocycles. The summed E-state index contributed by atoms with van der Waals surface area (Å²) in [4.78, 5) is 11.9. The summed E-state index contributed by atoms with van der Waals surface area (Å²) in [5.41, 5.74) is 1.81. The SMILES string of the molecule is CC=Cc1ccc(OCC(=O)NCc2ccc(F)cc2)c(OC)c1. The van der Waals surface area contributed by atoms with Crippen molar-refractivity contribution in [3.05, 3.63) is 65.5 Å². The van der Waals surface area contributed by atoms with Crippen molar-refractivity contribution in [3.63, 3.8) is 0 Å². The lowest BCUT2D eigenvalue weighted by Crippen LogP contribution is -2.28. The zero-order valence-electron chi connectivity index (χ0n) is 13.7. The maximum absolute atomic E-state index is 12.8. The van der Waals surface area contributed by atoms with Gasteiger partial charge in [0, 0.05) is 6.54 Å². The van der Waals surface area contributed by atoms with Crippen LogP contribution in [-0.2, 0) is 11.3 Å². The molecule has 0 radical (unpaired) electrons. The lowest BCUT2D eigenvalue weighted by atomic mass is 10.2. The Morgan fingerprint density at radius 1 is 1.17 bits per heavy atom. The van der Waals surface area contributed by atoms with Crippen LogP contribution in [0, 0.1) is 5.82 Å². The summed E-state index contributed by atoms with van der Waals surface area (Å²) >= 11 is 0. The Bertz CT molecular complexity index is 711. The summed E-state index contributed by atoms with van der Waals surface area (Å²) in [6, 6.07) is 11.4. The molecule has 2 rings (SSSR count). The first-order valence-corrected chi connectivity index (χ1v) is 7.57. The second-order valence-corrected chi connectivity index (χ2v) is 5.10. The number of ether oxygens (including phenoxy) is 2. The van der Waals surface area contributed by atoms with Crippen molar-refractivity contribution in [2.75, 3.05) is 13.7 Å². The fourth-order valence-electron chi connectivity index (χ4n) is 2.10. The molecule has 0 aliphatic heterocycles. The Morgan fingerprint density at radius 3 is 2.58 bits per heavy atom. The van der Waals surface area contributed by atoms with Gasteiger partial charge in [0.2, 0.25) is 0 Å². The molecule has 0 fully saturated rings. The topological polar surface area (TPSA) is 47.6 Å². The van der Waals surface area contributed by atoms with Crippen LogP contribution in [0.1, 0.15) is 18.1 Å². The molecule has 0 atom stereocenters. The highest BCUT2D eigenvalue weighted by molar-refractivity contribution is 5.77. The monoisotopic (exact) mass is 329 g/mol. The lowest BCUT2D eigenvalue weighted by Gasteiger charge is -2.11. The van der Waals surface area contributed by atoms with Crippen molar-refractivity contribution in [3.8, 4) is 11.5 Å². The molecule has 0 aromatic heterocycles. The van der Waals surface area contributed by atoms with Gasteiger partial charge in [-0.3, -0.25) is 4.79 Å². The van der Waals surface area contributed by atoms with Gasteiger partial charge in [0.15, 0.2) is 18.1 Å². The molecule has 0 spiro atoms. The summed E-state index contributed by atoms with van der Waals surface area (Å²) in [7, 11) is 1.55. The average molecular weight is 329 g/mol. The van der Waals surface area contributed by atoms with Crippen LogP contribution in [-0.4, -0.2) is 19.6 Å². The molecule has 0 unspecified atom stereocenters. The Labute approximate surface area is 140 Å². The fraction of sp³-hybridized carbons (Fsp3) is 0.211. The van der Waals surface area contributed by atoms with Crippen LogP contribution in [0.15, 0.2) is 48.5 Å². The summed E-state index contributed by atoms with van der Waals surface area (Å²) in [6.45, 7) is 2.13. The number of carbonyl (C=O) groups excluding carboxylic acids is 1. The summed E-state index contributed by atoms with van der Waals surface area (Å²) in [5, 5.41) is 2.72. The van der Waals surface area contributed by atoms with Crippen molar-refractivity contribution < 1.29 is 18.7 Å². The molecular weight excluding hydrogens is 309 g/mol. The maximum atomic E-state index is 12.8. The van der Waals surface area contributed by atoms with Crippen molar-refractivity contribution in [1.82, 2.24) is 5.32 Å². The molecule has 0 saturated heterocycles. The number of methoxy groups -OCH3 is 1. The number of amides is 1. The Morgan fingerprint density at radius 2 is 1.92 bits per heavy atom. The van der Waals surface area contributed by atoms with E-state index in [2.05, 4.69) is 5.32 Å². The van der Waals surface area contributed by atoms with Gasteiger partial charge in [-0.1, -0.05) is 30.4 Å². The molecule has 126 valence electrons. The minimum Gasteiger partial charge on any atom is -0.493 e. The van der Waals surface area contributed by atoms with Gasteiger partial charge < -0.3 is 14.8 Å². The van der Waals surface area contributed by atoms with E-state index in [0.29, 0.717) is 18.0 Å². The zero-order valence-corrected chi connectivity index (χ0v) is 13.7. The van der Waals surface area contributed by atoms with Gasteiger partial charge in [-0.05, 0) is 42.3 Å². The van der Waals surface area contributed by atoms with Gasteiger partial charge in [0.1, 0.15) is 5.82 Å². The highest BCUT2D eigenvalue weighted by Crippen LogP contribution is 2.28. The van der Waals surface area contributed by atoms with Gasteiger partial charge >= 0.3 is 0 Å². The summed E-state index contributed by atoms with van der Waals surface area (Å²) < 4.78 is 23.6. The number of rotatable bonds is 7. The molecule has 4 nitrogen and oxygen atoms in total. The molecule has 0 aliphatic rings. The first kappa shape index (κ1) is 17.5. The van der Waals surface area contributed by atoms with Gasteiger partial charge in [-0.15, -0.1) is 0 Å². The van der Waals surface area contributed by atoms with E-state index in [1.807, 2.05) is 31.2 Å². The third-order valence-electron chi connectivity index (χ3n) is 3.31. The number of hydrogen-bond acceptors (Lipinski definition) is 3. The highest BCUT2D eigenvalue weighted by Gasteiger charge is 2.08. The van der Waals surface area contributed by atoms with Crippen molar-refractivity contribution >= 4 is 12.0 Å². The summed E-state index contributed by atoms with van der Waals surface area (Å²) in [6.07, 6.45) is 3.87. The second kappa shape index (κ2) is 8.72. The predicted molar refractivity (Wildman–Crippen MR) is 91.4 cm³/mol. The Kier molecular flexibility index (Phi) is 6.37. The minimum absolute atomic E-state index is 0.124. The van der Waals surface area contributed by atoms with E-state index in [9.17, 15) is 9.18 Å². The van der Waals surface area contributed by atoms with E-state index in [1.165, 1.54) is 12.1 Å². The Balaban J connectivity index is 1.88. The van der Waals surface area contributed by atoms with Crippen molar-refractivity contribution in [1.29, 1.82) is 0 Å². The molecule has 2 aromatic rings. The normalized spacial score (nSPS) is 10.6. The maximum Gasteiger partial charge on any atom is 0.258 e. The van der Waals surface area contributed by atoms with Gasteiger partial charge in [0.05, 0.1) is 7.11 Å². The largest absolute Gasteiger partial charge is 0.493 e. The molecule has 0 bridgehead atoms. The molecule has 0 heterocycles. The number of halogens is 1. The molecule has 5 heteroatoms. The fourth-order valence-corrected chi connectivity index (χ4v) is 2.10. The molecule has 24 heavy (non-hydrogen) atoms. The van der Waals surface area contributed by atoms with Crippen LogP contribution < -0.4 is 14.8 Å². The van der Waals surface area contributed by atoms with E-state index in [4.69, 9.17) is 9.47 Å². The van der Waals surface area contributed by atoms with Crippen LogP contribution >= 0.6 is 0 Å². The predicted octanol–water partition coefficient (Wildman–Crippen LogP) is 3.56. The number of carbonyl (C=O) groups is 1. The summed E-state index contributed by atoms with van der Waals surface area (Å²) in [5.74, 6) is 0.500. The molecule has 1 amide bonds. The van der Waals surface area contributed by atoms with E-state index in [-0.39, 0.29) is 18.3 Å². The standard InChI is InChI=1S/C19H20FNO3/c1-3-4-14-7-10-17(18(11-14)23-2)24-13-19(22)21-12-15-5-8-16(20)9-6-15/h3-11H,12-13H2,1-2H3,(H,21,22). The third kappa shape index (κ3) is 5.12. The van der Waals surface area contributed by atoms with Crippen LogP contribution in [0.3, 0.4) is 0 Å². The van der Waals surface area contributed by atoms with E-state index in [0.717, 1.165) is 11.1 Å². The van der Waals surface area contributed by atoms with E-state index < -0.39 is 0 Å². The molecular formula is C19H20FNO3. The van der Waals surface area contributed by atoms with Gasteiger partial charge in [-0.25, -0.2) is 4.39 Å². The smallest absolute Gasteiger partial charge is 0.258 e. The van der Waals surface area contributed by atoms with Crippen LogP contribution in [0.4, 0.5) is 4.39 Å². The Hall–Kier alpha value is -2.82. The first-order chi connectivity index (χ1) is 11.6. The van der Waals surface area contributed by atoms with Crippen LogP contribution in [0.25, 0.3) is 6.08 Å². The van der Waals surface area contributed by atoms with E-state index >= 15 is 0 Å². The number of benzene rings is 2. The van der Waals surface area contributed by atoms with Crippen LogP contribution in [0.2, 0.25) is 0 Å². The zero-order chi connectivity index (χ0) is 17.4. The van der Waals surface area contributed by atoms with E-state index in [1.54, 1.807) is 25.3 Å². The lowest BCUT2D eigenvalue weighted by molar-refractivity contribution is -0.123. The van der Waals surface area contributed by atoms with Crippen molar-refractivity contribution in [2.24, 2.45) is 0 Å². The molecule has 2 aromatic carbocycles. The molecule has 0 saturated carbocycles. The average Bonchev–Trinajstić information content (AvgIpc) is 2.60. The van der Waals surface area contributed by atoms with Gasteiger partial charge in [0.25, 0.3) is 5.91 Å². The number of allylic oxidation sites excluding steroid dienone is 1. The second-order valence-electron chi connectivity index (χ2n) is 5.10. The first-order valence-electron chi connectivity index (χ1n) is 7.57. The van der Waals surface area contributed by atoms with Gasteiger partial charge in [-0.2, -0.15) is 0 Å². The number of nitrogens with one attached hydrogen (secondary N) is 1. The van der Waals surface area contributed by atoms with Crippen molar-refractivity contribution in [2.45, 2.75) is 13.5 Å². The highest BCUT2D eigenvalue weighted by atomic mass is 19.1. The van der Waals surface area contributed by atoms with Crippen LogP contribution in [0.5, 0.6) is 11.5 Å². The molecule has 1 N–H and O–H groups in total. The number of hydrogen-bond donors (Lipinski definition) is 1. The quantitative estimate of drug-likeness (QED) is 0.845. The third-order valence-corrected chi connectivity index (χ3v) is 3.31. The minimum atomic E-state index is -0.304.